The second kappa shape index (κ2) is 11.9. The second-order valence-electron chi connectivity index (χ2n) is 8.67. The van der Waals surface area contributed by atoms with Crippen molar-refractivity contribution in [3.8, 4) is 5.75 Å². The van der Waals surface area contributed by atoms with E-state index in [1.54, 1.807) is 25.1 Å². The molecule has 2 aromatic carbocycles. The van der Waals surface area contributed by atoms with Gasteiger partial charge in [0.05, 0.1) is 6.61 Å². The van der Waals surface area contributed by atoms with Crippen LogP contribution in [0.25, 0.3) is 0 Å². The van der Waals surface area contributed by atoms with Crippen molar-refractivity contribution in [1.82, 2.24) is 0 Å². The standard InChI is InChI=1S/C26H34O8/c1-3-5-19(28)21(29)25-23(31)22(30)24(32)26(34-25)33-20-13-17(14-27)10-11-18(20)12-16-8-6-15(4-2)7-9-16/h6-11,13,19,22-28,30-32H,3-5,12,14H2,1-2H3/t19?,22-,23-,24+,25+,26-/m0/s1. The molecule has 1 heterocycles. The number of benzene rings is 2. The molecule has 5 N–H and O–H groups in total. The van der Waals surface area contributed by atoms with E-state index < -0.39 is 42.6 Å². The highest BCUT2D eigenvalue weighted by Crippen LogP contribution is 2.30. The lowest BCUT2D eigenvalue weighted by Crippen LogP contribution is -2.62. The normalized spacial score (nSPS) is 25.7. The summed E-state index contributed by atoms with van der Waals surface area (Å²) in [4.78, 5) is 12.6. The number of ketones is 1. The second-order valence-corrected chi connectivity index (χ2v) is 8.67. The van der Waals surface area contributed by atoms with Crippen molar-refractivity contribution < 1.29 is 39.8 Å². The zero-order valence-electron chi connectivity index (χ0n) is 19.5. The summed E-state index contributed by atoms with van der Waals surface area (Å²) in [5.74, 6) is -0.478. The smallest absolute Gasteiger partial charge is 0.229 e. The first-order valence-corrected chi connectivity index (χ1v) is 11.7. The average Bonchev–Trinajstić information content (AvgIpc) is 2.85. The van der Waals surface area contributed by atoms with Gasteiger partial charge in [0.25, 0.3) is 0 Å². The molecule has 0 amide bonds. The van der Waals surface area contributed by atoms with E-state index in [-0.39, 0.29) is 13.0 Å². The van der Waals surface area contributed by atoms with E-state index in [2.05, 4.69) is 6.92 Å². The van der Waals surface area contributed by atoms with Gasteiger partial charge < -0.3 is 35.0 Å². The number of hydrogen-bond donors (Lipinski definition) is 5. The van der Waals surface area contributed by atoms with Gasteiger partial charge in [0.2, 0.25) is 6.29 Å². The highest BCUT2D eigenvalue weighted by molar-refractivity contribution is 5.88. The summed E-state index contributed by atoms with van der Waals surface area (Å²) in [6.45, 7) is 3.64. The molecule has 6 atom stereocenters. The summed E-state index contributed by atoms with van der Waals surface area (Å²) < 4.78 is 11.5. The summed E-state index contributed by atoms with van der Waals surface area (Å²) in [5.41, 5.74) is 3.54. The number of rotatable bonds is 10. The Kier molecular flexibility index (Phi) is 9.18. The van der Waals surface area contributed by atoms with Crippen molar-refractivity contribution >= 4 is 5.78 Å². The van der Waals surface area contributed by atoms with Crippen LogP contribution in [0.2, 0.25) is 0 Å². The van der Waals surface area contributed by atoms with E-state index >= 15 is 0 Å². The third-order valence-corrected chi connectivity index (χ3v) is 6.12. The molecule has 0 aromatic heterocycles. The number of aliphatic hydroxyl groups excluding tert-OH is 5. The van der Waals surface area contributed by atoms with Crippen molar-refractivity contribution in [2.75, 3.05) is 0 Å². The summed E-state index contributed by atoms with van der Waals surface area (Å²) >= 11 is 0. The van der Waals surface area contributed by atoms with Crippen LogP contribution in [0.3, 0.4) is 0 Å². The Morgan fingerprint density at radius 3 is 2.24 bits per heavy atom. The Morgan fingerprint density at radius 1 is 0.971 bits per heavy atom. The fraction of sp³-hybridized carbons (Fsp3) is 0.500. The monoisotopic (exact) mass is 474 g/mol. The van der Waals surface area contributed by atoms with Crippen LogP contribution in [0.1, 0.15) is 48.9 Å². The van der Waals surface area contributed by atoms with Gasteiger partial charge in [-0.2, -0.15) is 0 Å². The Hall–Kier alpha value is -2.33. The molecule has 1 aliphatic heterocycles. The van der Waals surface area contributed by atoms with Gasteiger partial charge in [-0.1, -0.05) is 56.7 Å². The van der Waals surface area contributed by atoms with Crippen molar-refractivity contribution in [2.45, 2.75) is 82.9 Å². The van der Waals surface area contributed by atoms with Crippen LogP contribution in [0.5, 0.6) is 5.75 Å². The predicted octanol–water partition coefficient (Wildman–Crippen LogP) is 1.25. The number of Topliss-reactive ketones (excluding diaryl/α,β-unsaturated/α-hetero) is 1. The van der Waals surface area contributed by atoms with Crippen LogP contribution in [0.4, 0.5) is 0 Å². The lowest BCUT2D eigenvalue weighted by Gasteiger charge is -2.40. The number of carbonyl (C=O) groups excluding carboxylic acids is 1. The highest BCUT2D eigenvalue weighted by Gasteiger charge is 2.49. The Balaban J connectivity index is 1.85. The van der Waals surface area contributed by atoms with Crippen molar-refractivity contribution in [3.63, 3.8) is 0 Å². The van der Waals surface area contributed by atoms with Crippen LogP contribution in [0, 0.1) is 0 Å². The van der Waals surface area contributed by atoms with E-state index in [0.29, 0.717) is 24.2 Å². The van der Waals surface area contributed by atoms with Gasteiger partial charge in [-0.15, -0.1) is 0 Å². The lowest BCUT2D eigenvalue weighted by atomic mass is 9.93. The Bertz CT molecular complexity index is 944. The molecule has 0 spiro atoms. The quantitative estimate of drug-likeness (QED) is 0.347. The third kappa shape index (κ3) is 6.02. The molecule has 186 valence electrons. The molecule has 0 radical (unpaired) electrons. The van der Waals surface area contributed by atoms with Crippen molar-refractivity contribution in [3.05, 3.63) is 64.7 Å². The molecule has 1 fully saturated rings. The minimum atomic E-state index is -1.72. The minimum absolute atomic E-state index is 0.176. The molecule has 0 saturated carbocycles. The highest BCUT2D eigenvalue weighted by atomic mass is 16.7. The van der Waals surface area contributed by atoms with Gasteiger partial charge in [0.1, 0.15) is 30.2 Å². The molecule has 1 unspecified atom stereocenters. The SMILES string of the molecule is CCCC(O)C(=O)[C@H]1O[C@H](Oc2cc(CO)ccc2Cc2ccc(CC)cc2)[C@H](O)[C@@H](O)[C@@H]1O. The number of carbonyl (C=O) groups is 1. The zero-order valence-corrected chi connectivity index (χ0v) is 19.5. The average molecular weight is 475 g/mol. The summed E-state index contributed by atoms with van der Waals surface area (Å²) in [6.07, 6.45) is -7.33. The molecular formula is C26H34O8. The summed E-state index contributed by atoms with van der Waals surface area (Å²) in [7, 11) is 0. The maximum Gasteiger partial charge on any atom is 0.229 e. The first-order chi connectivity index (χ1) is 16.3. The van der Waals surface area contributed by atoms with Crippen LogP contribution < -0.4 is 4.74 Å². The van der Waals surface area contributed by atoms with Gasteiger partial charge in [0, 0.05) is 6.42 Å². The number of ether oxygens (including phenoxy) is 2. The van der Waals surface area contributed by atoms with E-state index in [9.17, 15) is 30.3 Å². The maximum absolute atomic E-state index is 12.6. The summed E-state index contributed by atoms with van der Waals surface area (Å²) in [6, 6.07) is 13.3. The first-order valence-electron chi connectivity index (χ1n) is 11.7. The van der Waals surface area contributed by atoms with Gasteiger partial charge in [-0.25, -0.2) is 0 Å². The van der Waals surface area contributed by atoms with E-state index in [4.69, 9.17) is 9.47 Å². The number of hydrogen-bond acceptors (Lipinski definition) is 8. The van der Waals surface area contributed by atoms with E-state index in [1.807, 2.05) is 24.3 Å². The molecule has 1 saturated heterocycles. The van der Waals surface area contributed by atoms with Gasteiger partial charge >= 0.3 is 0 Å². The first kappa shape index (κ1) is 26.3. The predicted molar refractivity (Wildman–Crippen MR) is 124 cm³/mol. The van der Waals surface area contributed by atoms with Crippen LogP contribution in [-0.4, -0.2) is 68.1 Å². The van der Waals surface area contributed by atoms with Gasteiger partial charge in [0.15, 0.2) is 11.9 Å². The Morgan fingerprint density at radius 2 is 1.62 bits per heavy atom. The molecule has 3 rings (SSSR count). The molecule has 0 bridgehead atoms. The van der Waals surface area contributed by atoms with Gasteiger partial charge in [-0.3, -0.25) is 4.79 Å². The fourth-order valence-electron chi connectivity index (χ4n) is 3.98. The van der Waals surface area contributed by atoms with Crippen molar-refractivity contribution in [2.24, 2.45) is 0 Å². The molecule has 34 heavy (non-hydrogen) atoms. The number of aryl methyl sites for hydroxylation is 1. The number of aliphatic hydroxyl groups is 5. The minimum Gasteiger partial charge on any atom is -0.462 e. The van der Waals surface area contributed by atoms with Crippen LogP contribution in [0.15, 0.2) is 42.5 Å². The largest absolute Gasteiger partial charge is 0.462 e. The van der Waals surface area contributed by atoms with Crippen LogP contribution in [-0.2, 0) is 29.0 Å². The Labute approximate surface area is 199 Å². The molecule has 2 aromatic rings. The third-order valence-electron chi connectivity index (χ3n) is 6.12. The van der Waals surface area contributed by atoms with Crippen molar-refractivity contribution in [1.29, 1.82) is 0 Å². The zero-order chi connectivity index (χ0) is 24.8. The molecule has 8 heteroatoms. The molecule has 8 nitrogen and oxygen atoms in total. The summed E-state index contributed by atoms with van der Waals surface area (Å²) in [5, 5.41) is 50.8. The molecule has 1 aliphatic rings. The molecular weight excluding hydrogens is 440 g/mol. The van der Waals surface area contributed by atoms with Crippen LogP contribution >= 0.6 is 0 Å². The van der Waals surface area contributed by atoms with E-state index in [0.717, 1.165) is 17.5 Å². The van der Waals surface area contributed by atoms with E-state index in [1.165, 1.54) is 5.56 Å². The lowest BCUT2D eigenvalue weighted by molar-refractivity contribution is -0.268. The topological polar surface area (TPSA) is 137 Å². The fourth-order valence-corrected chi connectivity index (χ4v) is 3.98. The maximum atomic E-state index is 12.6. The molecule has 0 aliphatic carbocycles. The van der Waals surface area contributed by atoms with Gasteiger partial charge in [-0.05, 0) is 41.2 Å².